The van der Waals surface area contributed by atoms with E-state index >= 15 is 0 Å². The van der Waals surface area contributed by atoms with Gasteiger partial charge in [-0.1, -0.05) is 113 Å². The van der Waals surface area contributed by atoms with Gasteiger partial charge in [-0.25, -0.2) is 0 Å². The second-order valence-corrected chi connectivity index (χ2v) is 11.5. The van der Waals surface area contributed by atoms with Crippen LogP contribution in [0.15, 0.2) is 115 Å². The van der Waals surface area contributed by atoms with Gasteiger partial charge in [0.05, 0.1) is 17.1 Å². The van der Waals surface area contributed by atoms with E-state index in [-0.39, 0.29) is 10.8 Å². The van der Waals surface area contributed by atoms with Gasteiger partial charge in [0.15, 0.2) is 0 Å². The molecule has 2 heterocycles. The van der Waals surface area contributed by atoms with Gasteiger partial charge in [0.25, 0.3) is 0 Å². The molecular weight excluding hydrogens is 446 g/mol. The van der Waals surface area contributed by atoms with Crippen LogP contribution in [0.4, 0.5) is 17.1 Å². The SMILES string of the molecule is CC1(C)c2ccccc2N2c3ccc(-c4ccccc4)cc3C(C)(C)c3cc(-c4ccccc4)cc1c32. The molecular formula is C36H31N. The smallest absolute Gasteiger partial charge is 0.0544 e. The van der Waals surface area contributed by atoms with Gasteiger partial charge in [-0.15, -0.1) is 0 Å². The molecule has 0 unspecified atom stereocenters. The molecule has 7 rings (SSSR count). The second kappa shape index (κ2) is 7.70. The van der Waals surface area contributed by atoms with Gasteiger partial charge in [-0.2, -0.15) is 0 Å². The molecule has 0 spiro atoms. The highest BCUT2D eigenvalue weighted by Gasteiger charge is 2.45. The second-order valence-electron chi connectivity index (χ2n) is 11.5. The Bertz CT molecular complexity index is 1660. The minimum atomic E-state index is -0.159. The Morgan fingerprint density at radius 1 is 0.405 bits per heavy atom. The number of anilines is 3. The molecule has 0 fully saturated rings. The first-order chi connectivity index (χ1) is 17.9. The number of benzene rings is 5. The van der Waals surface area contributed by atoms with E-state index in [1.807, 2.05) is 0 Å². The van der Waals surface area contributed by atoms with Crippen LogP contribution < -0.4 is 4.90 Å². The maximum atomic E-state index is 2.54. The fraction of sp³-hybridized carbons (Fsp3) is 0.167. The highest BCUT2D eigenvalue weighted by molar-refractivity contribution is 5.95. The van der Waals surface area contributed by atoms with Crippen LogP contribution in [0.5, 0.6) is 0 Å². The monoisotopic (exact) mass is 477 g/mol. The molecule has 0 radical (unpaired) electrons. The normalized spacial score (nSPS) is 15.9. The summed E-state index contributed by atoms with van der Waals surface area (Å²) in [7, 11) is 0. The van der Waals surface area contributed by atoms with Gasteiger partial charge >= 0.3 is 0 Å². The van der Waals surface area contributed by atoms with Crippen LogP contribution in [0.2, 0.25) is 0 Å². The van der Waals surface area contributed by atoms with Crippen LogP contribution in [-0.4, -0.2) is 0 Å². The molecule has 0 amide bonds. The molecule has 0 N–H and O–H groups in total. The summed E-state index contributed by atoms with van der Waals surface area (Å²) in [6.45, 7) is 9.56. The number of hydrogen-bond donors (Lipinski definition) is 0. The molecule has 2 aliphatic rings. The number of fused-ring (bicyclic) bond motifs is 4. The first-order valence-electron chi connectivity index (χ1n) is 13.2. The summed E-state index contributed by atoms with van der Waals surface area (Å²) < 4.78 is 0. The van der Waals surface area contributed by atoms with Crippen molar-refractivity contribution in [2.24, 2.45) is 0 Å². The molecule has 1 nitrogen and oxygen atoms in total. The van der Waals surface area contributed by atoms with Gasteiger partial charge in [0.1, 0.15) is 0 Å². The van der Waals surface area contributed by atoms with E-state index in [1.165, 1.54) is 61.6 Å². The number of hydrogen-bond acceptors (Lipinski definition) is 1. The summed E-state index contributed by atoms with van der Waals surface area (Å²) in [5, 5.41) is 0. The van der Waals surface area contributed by atoms with Crippen molar-refractivity contribution in [2.75, 3.05) is 4.90 Å². The quantitative estimate of drug-likeness (QED) is 0.244. The first-order valence-corrected chi connectivity index (χ1v) is 13.2. The van der Waals surface area contributed by atoms with Gasteiger partial charge in [0.2, 0.25) is 0 Å². The van der Waals surface area contributed by atoms with Crippen molar-refractivity contribution in [2.45, 2.75) is 38.5 Å². The molecule has 5 aromatic rings. The summed E-state index contributed by atoms with van der Waals surface area (Å²) in [6, 6.07) is 42.5. The third kappa shape index (κ3) is 3.10. The van der Waals surface area contributed by atoms with E-state index in [9.17, 15) is 0 Å². The third-order valence-electron chi connectivity index (χ3n) is 8.62. The Kier molecular flexibility index (Phi) is 4.60. The Balaban J connectivity index is 1.57. The lowest BCUT2D eigenvalue weighted by Gasteiger charge is -2.49. The molecule has 0 saturated heterocycles. The van der Waals surface area contributed by atoms with Crippen LogP contribution in [-0.2, 0) is 10.8 Å². The van der Waals surface area contributed by atoms with Crippen LogP contribution in [0, 0.1) is 0 Å². The molecule has 37 heavy (non-hydrogen) atoms. The molecule has 0 aliphatic carbocycles. The summed E-state index contributed by atoms with van der Waals surface area (Å²) in [5.74, 6) is 0. The molecule has 0 bridgehead atoms. The van der Waals surface area contributed by atoms with E-state index in [4.69, 9.17) is 0 Å². The summed E-state index contributed by atoms with van der Waals surface area (Å²) in [5.41, 5.74) is 14.3. The van der Waals surface area contributed by atoms with E-state index < -0.39 is 0 Å². The minimum absolute atomic E-state index is 0.112. The van der Waals surface area contributed by atoms with E-state index in [0.29, 0.717) is 0 Å². The first kappa shape index (κ1) is 22.1. The molecule has 0 atom stereocenters. The van der Waals surface area contributed by atoms with Gasteiger partial charge < -0.3 is 4.90 Å². The highest BCUT2D eigenvalue weighted by atomic mass is 15.2. The molecule has 2 aliphatic heterocycles. The molecule has 180 valence electrons. The summed E-state index contributed by atoms with van der Waals surface area (Å²) in [4.78, 5) is 2.54. The zero-order valence-electron chi connectivity index (χ0n) is 21.9. The van der Waals surface area contributed by atoms with Crippen LogP contribution >= 0.6 is 0 Å². The Labute approximate surface area is 220 Å². The fourth-order valence-electron chi connectivity index (χ4n) is 6.53. The fourth-order valence-corrected chi connectivity index (χ4v) is 6.53. The Morgan fingerprint density at radius 3 is 1.54 bits per heavy atom. The lowest BCUT2D eigenvalue weighted by molar-refractivity contribution is 0.598. The Morgan fingerprint density at radius 2 is 0.892 bits per heavy atom. The van der Waals surface area contributed by atoms with Crippen molar-refractivity contribution >= 4 is 17.1 Å². The number of rotatable bonds is 2. The van der Waals surface area contributed by atoms with Gasteiger partial charge in [0, 0.05) is 10.8 Å². The predicted octanol–water partition coefficient (Wildman–Crippen LogP) is 9.77. The molecule has 5 aromatic carbocycles. The van der Waals surface area contributed by atoms with E-state index in [0.717, 1.165) is 0 Å². The van der Waals surface area contributed by atoms with Crippen molar-refractivity contribution in [3.63, 3.8) is 0 Å². The standard InChI is InChI=1S/C36H31N/c1-35(2)28-17-11-12-18-32(28)37-33-20-19-26(24-13-7-5-8-14-24)21-29(33)36(3,4)31-23-27(22-30(35)34(31)37)25-15-9-6-10-16-25/h5-23H,1-4H3. The number of nitrogens with zero attached hydrogens (tertiary/aromatic N) is 1. The average Bonchev–Trinajstić information content (AvgIpc) is 2.93. The van der Waals surface area contributed by atoms with Crippen LogP contribution in [0.25, 0.3) is 22.3 Å². The maximum absolute atomic E-state index is 2.54. The van der Waals surface area contributed by atoms with Crippen LogP contribution in [0.3, 0.4) is 0 Å². The molecule has 0 saturated carbocycles. The van der Waals surface area contributed by atoms with Crippen molar-refractivity contribution < 1.29 is 0 Å². The average molecular weight is 478 g/mol. The van der Waals surface area contributed by atoms with E-state index in [1.54, 1.807) is 0 Å². The lowest BCUT2D eigenvalue weighted by atomic mass is 9.65. The van der Waals surface area contributed by atoms with Crippen molar-refractivity contribution in [1.82, 2.24) is 0 Å². The highest BCUT2D eigenvalue weighted by Crippen LogP contribution is 2.60. The van der Waals surface area contributed by atoms with Crippen molar-refractivity contribution in [1.29, 1.82) is 0 Å². The largest absolute Gasteiger partial charge is 0.309 e. The van der Waals surface area contributed by atoms with Crippen molar-refractivity contribution in [3.05, 3.63) is 138 Å². The lowest BCUT2D eigenvalue weighted by Crippen LogP contribution is -2.38. The molecule has 1 heteroatoms. The third-order valence-corrected chi connectivity index (χ3v) is 8.62. The van der Waals surface area contributed by atoms with Gasteiger partial charge in [-0.05, 0) is 74.8 Å². The summed E-state index contributed by atoms with van der Waals surface area (Å²) >= 11 is 0. The van der Waals surface area contributed by atoms with E-state index in [2.05, 4.69) is 148 Å². The predicted molar refractivity (Wildman–Crippen MR) is 156 cm³/mol. The minimum Gasteiger partial charge on any atom is -0.309 e. The zero-order valence-corrected chi connectivity index (χ0v) is 21.9. The number of para-hydroxylation sites is 1. The zero-order chi connectivity index (χ0) is 25.4. The Hall–Kier alpha value is -4.10. The van der Waals surface area contributed by atoms with Crippen molar-refractivity contribution in [3.8, 4) is 22.3 Å². The summed E-state index contributed by atoms with van der Waals surface area (Å²) in [6.07, 6.45) is 0. The van der Waals surface area contributed by atoms with Gasteiger partial charge in [-0.3, -0.25) is 0 Å². The topological polar surface area (TPSA) is 3.24 Å². The maximum Gasteiger partial charge on any atom is 0.0544 e. The molecule has 0 aromatic heterocycles. The van der Waals surface area contributed by atoms with Crippen LogP contribution in [0.1, 0.15) is 49.9 Å².